The standard InChI is InChI=1S/C13H10F2N2O4S/c1-7-6-17(11(22-7)16-12(18)19-2)8-3-4-9-10(5-8)21-13(14,15)20-9/h3-6H,1-2H3. The van der Waals surface area contributed by atoms with Crippen LogP contribution in [0.1, 0.15) is 4.88 Å². The number of amides is 1. The fourth-order valence-electron chi connectivity index (χ4n) is 1.93. The first-order valence-corrected chi connectivity index (χ1v) is 6.92. The SMILES string of the molecule is COC(=O)N=c1sc(C)cn1-c1ccc2c(c1)OC(F)(F)O2. The molecule has 0 aliphatic carbocycles. The number of aromatic nitrogens is 1. The van der Waals surface area contributed by atoms with E-state index in [0.29, 0.717) is 10.5 Å². The molecule has 0 bridgehead atoms. The number of ether oxygens (including phenoxy) is 3. The van der Waals surface area contributed by atoms with Gasteiger partial charge in [-0.2, -0.15) is 0 Å². The Hall–Kier alpha value is -2.42. The molecule has 0 N–H and O–H groups in total. The molecule has 0 spiro atoms. The second kappa shape index (κ2) is 5.09. The number of methoxy groups -OCH3 is 1. The minimum atomic E-state index is -3.67. The van der Waals surface area contributed by atoms with Crippen LogP contribution in [0.3, 0.4) is 0 Å². The molecule has 2 heterocycles. The third kappa shape index (κ3) is 2.67. The molecule has 1 aliphatic rings. The van der Waals surface area contributed by atoms with Crippen molar-refractivity contribution in [1.82, 2.24) is 4.57 Å². The molecule has 0 unspecified atom stereocenters. The molecule has 1 aromatic carbocycles. The van der Waals surface area contributed by atoms with Crippen LogP contribution in [-0.2, 0) is 4.74 Å². The summed E-state index contributed by atoms with van der Waals surface area (Å²) in [6.07, 6.45) is -2.69. The number of benzene rings is 1. The Bertz CT molecular complexity index is 813. The predicted molar refractivity (Wildman–Crippen MR) is 72.6 cm³/mol. The van der Waals surface area contributed by atoms with Gasteiger partial charge in [-0.1, -0.05) is 0 Å². The summed E-state index contributed by atoms with van der Waals surface area (Å²) in [6, 6.07) is 4.32. The highest BCUT2D eigenvalue weighted by atomic mass is 32.1. The van der Waals surface area contributed by atoms with E-state index in [1.807, 2.05) is 6.92 Å². The number of hydrogen-bond acceptors (Lipinski definition) is 5. The summed E-state index contributed by atoms with van der Waals surface area (Å²) >= 11 is 1.26. The van der Waals surface area contributed by atoms with Gasteiger partial charge in [-0.25, -0.2) is 4.79 Å². The van der Waals surface area contributed by atoms with Gasteiger partial charge in [0, 0.05) is 17.1 Å². The summed E-state index contributed by atoms with van der Waals surface area (Å²) in [4.78, 5) is 16.3. The van der Waals surface area contributed by atoms with Gasteiger partial charge in [0.2, 0.25) is 4.80 Å². The van der Waals surface area contributed by atoms with Crippen LogP contribution in [0, 0.1) is 6.92 Å². The van der Waals surface area contributed by atoms with Crippen molar-refractivity contribution < 1.29 is 27.8 Å². The molecule has 2 aromatic rings. The minimum absolute atomic E-state index is 0.0484. The molecule has 1 aliphatic heterocycles. The number of carbonyl (C=O) groups excluding carboxylic acids is 1. The van der Waals surface area contributed by atoms with Gasteiger partial charge in [0.05, 0.1) is 12.8 Å². The Kier molecular flexibility index (Phi) is 3.36. The maximum absolute atomic E-state index is 13.0. The Morgan fingerprint density at radius 3 is 2.82 bits per heavy atom. The van der Waals surface area contributed by atoms with E-state index in [4.69, 9.17) is 0 Å². The molecule has 0 saturated heterocycles. The first-order chi connectivity index (χ1) is 10.4. The van der Waals surface area contributed by atoms with Crippen LogP contribution >= 0.6 is 11.3 Å². The zero-order valence-corrected chi connectivity index (χ0v) is 12.3. The van der Waals surface area contributed by atoms with Crippen molar-refractivity contribution in [3.63, 3.8) is 0 Å². The van der Waals surface area contributed by atoms with E-state index >= 15 is 0 Å². The molecular weight excluding hydrogens is 318 g/mol. The highest BCUT2D eigenvalue weighted by Crippen LogP contribution is 2.41. The van der Waals surface area contributed by atoms with Gasteiger partial charge in [0.1, 0.15) is 0 Å². The largest absolute Gasteiger partial charge is 0.586 e. The molecule has 0 radical (unpaired) electrons. The van der Waals surface area contributed by atoms with E-state index in [0.717, 1.165) is 4.88 Å². The lowest BCUT2D eigenvalue weighted by atomic mass is 10.3. The smallest absolute Gasteiger partial charge is 0.451 e. The molecule has 0 atom stereocenters. The van der Waals surface area contributed by atoms with Crippen molar-refractivity contribution in [2.75, 3.05) is 7.11 Å². The molecule has 6 nitrogen and oxygen atoms in total. The first-order valence-electron chi connectivity index (χ1n) is 6.10. The van der Waals surface area contributed by atoms with E-state index < -0.39 is 12.4 Å². The van der Waals surface area contributed by atoms with Crippen LogP contribution in [0.5, 0.6) is 11.5 Å². The Morgan fingerprint density at radius 2 is 2.09 bits per heavy atom. The summed E-state index contributed by atoms with van der Waals surface area (Å²) < 4.78 is 40.9. The minimum Gasteiger partial charge on any atom is -0.451 e. The van der Waals surface area contributed by atoms with E-state index in [9.17, 15) is 13.6 Å². The van der Waals surface area contributed by atoms with E-state index in [1.165, 1.54) is 30.6 Å². The normalized spacial score (nSPS) is 15.9. The Morgan fingerprint density at radius 1 is 1.36 bits per heavy atom. The Labute approximate surface area is 127 Å². The number of thiazole rings is 1. The molecule has 116 valence electrons. The van der Waals surface area contributed by atoms with Crippen LogP contribution in [0.15, 0.2) is 29.4 Å². The van der Waals surface area contributed by atoms with Crippen LogP contribution in [-0.4, -0.2) is 24.1 Å². The average Bonchev–Trinajstić information content (AvgIpc) is 2.95. The van der Waals surface area contributed by atoms with Gasteiger partial charge in [-0.15, -0.1) is 25.1 Å². The number of nitrogens with zero attached hydrogens (tertiary/aromatic N) is 2. The predicted octanol–water partition coefficient (Wildman–Crippen LogP) is 2.84. The molecule has 1 amide bonds. The quantitative estimate of drug-likeness (QED) is 0.807. The number of rotatable bonds is 1. The number of hydrogen-bond donors (Lipinski definition) is 0. The molecule has 9 heteroatoms. The van der Waals surface area contributed by atoms with Crippen LogP contribution < -0.4 is 14.3 Å². The average molecular weight is 328 g/mol. The summed E-state index contributed by atoms with van der Waals surface area (Å²) in [5.41, 5.74) is 0.507. The topological polar surface area (TPSA) is 62.0 Å². The monoisotopic (exact) mass is 328 g/mol. The zero-order chi connectivity index (χ0) is 15.9. The van der Waals surface area contributed by atoms with Crippen molar-refractivity contribution in [3.05, 3.63) is 34.1 Å². The number of carbonyl (C=O) groups is 1. The summed E-state index contributed by atoms with van der Waals surface area (Å²) in [6.45, 7) is 1.83. The lowest BCUT2D eigenvalue weighted by Gasteiger charge is -2.04. The molecule has 1 aromatic heterocycles. The van der Waals surface area contributed by atoms with E-state index in [2.05, 4.69) is 19.2 Å². The highest BCUT2D eigenvalue weighted by Gasteiger charge is 2.43. The summed E-state index contributed by atoms with van der Waals surface area (Å²) in [7, 11) is 1.22. The van der Waals surface area contributed by atoms with Crippen molar-refractivity contribution in [3.8, 4) is 17.2 Å². The zero-order valence-electron chi connectivity index (χ0n) is 11.5. The van der Waals surface area contributed by atoms with Crippen molar-refractivity contribution in [1.29, 1.82) is 0 Å². The molecule has 3 rings (SSSR count). The molecule has 0 saturated carbocycles. The van der Waals surface area contributed by atoms with Gasteiger partial charge in [-0.05, 0) is 19.1 Å². The van der Waals surface area contributed by atoms with Crippen LogP contribution in [0.25, 0.3) is 5.69 Å². The summed E-state index contributed by atoms with van der Waals surface area (Å²) in [5, 5.41) is 0. The third-order valence-electron chi connectivity index (χ3n) is 2.79. The molecule has 22 heavy (non-hydrogen) atoms. The second-order valence-electron chi connectivity index (χ2n) is 4.37. The number of alkyl halides is 2. The van der Waals surface area contributed by atoms with E-state index in [1.54, 1.807) is 16.8 Å². The number of aryl methyl sites for hydroxylation is 1. The van der Waals surface area contributed by atoms with Crippen molar-refractivity contribution in [2.24, 2.45) is 4.99 Å². The van der Waals surface area contributed by atoms with E-state index in [-0.39, 0.29) is 11.5 Å². The summed E-state index contributed by atoms with van der Waals surface area (Å²) in [5.74, 6) is -0.129. The number of fused-ring (bicyclic) bond motifs is 1. The lowest BCUT2D eigenvalue weighted by molar-refractivity contribution is -0.286. The number of halogens is 2. The molecular formula is C13H10F2N2O4S. The second-order valence-corrected chi connectivity index (χ2v) is 5.59. The molecule has 0 fully saturated rings. The highest BCUT2D eigenvalue weighted by molar-refractivity contribution is 7.09. The van der Waals surface area contributed by atoms with Crippen molar-refractivity contribution in [2.45, 2.75) is 13.2 Å². The van der Waals surface area contributed by atoms with Gasteiger partial charge in [0.25, 0.3) is 0 Å². The lowest BCUT2D eigenvalue weighted by Crippen LogP contribution is -2.25. The fraction of sp³-hybridized carbons (Fsp3) is 0.231. The van der Waals surface area contributed by atoms with Gasteiger partial charge < -0.3 is 14.2 Å². The Balaban J connectivity index is 2.07. The first kappa shape index (κ1) is 14.5. The maximum Gasteiger partial charge on any atom is 0.586 e. The van der Waals surface area contributed by atoms with Crippen molar-refractivity contribution >= 4 is 17.4 Å². The van der Waals surface area contributed by atoms with Gasteiger partial charge >= 0.3 is 12.4 Å². The third-order valence-corrected chi connectivity index (χ3v) is 3.69. The van der Waals surface area contributed by atoms with Crippen LogP contribution in [0.4, 0.5) is 13.6 Å². The van der Waals surface area contributed by atoms with Gasteiger partial charge in [-0.3, -0.25) is 4.57 Å². The fourth-order valence-corrected chi connectivity index (χ4v) is 2.75. The van der Waals surface area contributed by atoms with Gasteiger partial charge in [0.15, 0.2) is 11.5 Å². The maximum atomic E-state index is 13.0. The van der Waals surface area contributed by atoms with Crippen LogP contribution in [0.2, 0.25) is 0 Å².